The highest BCUT2D eigenvalue weighted by molar-refractivity contribution is 6.74. The predicted molar refractivity (Wildman–Crippen MR) is 73.5 cm³/mol. The molecule has 0 unspecified atom stereocenters. The van der Waals surface area contributed by atoms with E-state index in [1.165, 1.54) is 32.1 Å². The van der Waals surface area contributed by atoms with Crippen LogP contribution >= 0.6 is 0 Å². The molecule has 0 aliphatic heterocycles. The van der Waals surface area contributed by atoms with Gasteiger partial charge < -0.3 is 14.9 Å². The molecule has 0 bridgehead atoms. The summed E-state index contributed by atoms with van der Waals surface area (Å²) in [6, 6.07) is 0. The molecule has 1 aliphatic carbocycles. The van der Waals surface area contributed by atoms with Crippen molar-refractivity contribution in [1.29, 1.82) is 0 Å². The molecule has 0 saturated heterocycles. The quantitative estimate of drug-likeness (QED) is 0.624. The minimum atomic E-state index is -1.66. The molecule has 0 heterocycles. The summed E-state index contributed by atoms with van der Waals surface area (Å²) in [7, 11) is 2.58. The van der Waals surface area contributed by atoms with Gasteiger partial charge in [0, 0.05) is 0 Å². The highest BCUT2D eigenvalue weighted by Gasteiger charge is 2.40. The van der Waals surface area contributed by atoms with E-state index in [-0.39, 0.29) is 0 Å². The zero-order valence-electron chi connectivity index (χ0n) is 11.4. The summed E-state index contributed by atoms with van der Waals surface area (Å²) in [4.78, 5) is 11.0. The van der Waals surface area contributed by atoms with E-state index >= 15 is 0 Å². The van der Waals surface area contributed by atoms with E-state index in [2.05, 4.69) is 42.9 Å². The second-order valence-electron chi connectivity index (χ2n) is 5.42. The molecule has 0 aromatic heterocycles. The number of nitrogens with one attached hydrogen (secondary N) is 3. The maximum Gasteiger partial charge on any atom is 0.284 e. The molecular formula is C12H29N3Si. The van der Waals surface area contributed by atoms with Crippen molar-refractivity contribution < 1.29 is 0 Å². The van der Waals surface area contributed by atoms with Crippen LogP contribution in [0.3, 0.4) is 0 Å². The fourth-order valence-corrected chi connectivity index (χ4v) is 6.47. The summed E-state index contributed by atoms with van der Waals surface area (Å²) < 4.78 is 0. The molecule has 0 amide bonds. The largest absolute Gasteiger partial charge is 0.316 e. The van der Waals surface area contributed by atoms with E-state index in [1.807, 2.05) is 0 Å². The van der Waals surface area contributed by atoms with Crippen molar-refractivity contribution >= 4 is 8.56 Å². The third-order valence-electron chi connectivity index (χ3n) is 3.80. The Morgan fingerprint density at radius 1 is 1.06 bits per heavy atom. The van der Waals surface area contributed by atoms with E-state index in [0.717, 1.165) is 18.0 Å². The standard InChI is InChI=1S/C12H29N3Si/c1-11(2)10-15-16(13-3,14-4)12-8-6-5-7-9-12/h11-15H,5-10H2,1-4H3. The molecule has 1 rings (SSSR count). The van der Waals surface area contributed by atoms with E-state index in [9.17, 15) is 0 Å². The van der Waals surface area contributed by atoms with E-state index in [4.69, 9.17) is 0 Å². The van der Waals surface area contributed by atoms with Crippen LogP contribution in [0.25, 0.3) is 0 Å². The van der Waals surface area contributed by atoms with Crippen LogP contribution in [0.15, 0.2) is 0 Å². The molecule has 96 valence electrons. The first-order valence-corrected chi connectivity index (χ1v) is 8.85. The molecule has 1 fully saturated rings. The van der Waals surface area contributed by atoms with Gasteiger partial charge in [0.15, 0.2) is 0 Å². The number of rotatable bonds is 6. The van der Waals surface area contributed by atoms with Crippen molar-refractivity contribution in [3.8, 4) is 0 Å². The minimum Gasteiger partial charge on any atom is -0.316 e. The Hall–Kier alpha value is 0.0969. The summed E-state index contributed by atoms with van der Waals surface area (Å²) in [5, 5.41) is 0. The lowest BCUT2D eigenvalue weighted by molar-refractivity contribution is 0.469. The van der Waals surface area contributed by atoms with Crippen molar-refractivity contribution in [2.24, 2.45) is 5.92 Å². The molecule has 0 aromatic rings. The average molecular weight is 243 g/mol. The van der Waals surface area contributed by atoms with E-state index in [1.54, 1.807) is 0 Å². The summed E-state index contributed by atoms with van der Waals surface area (Å²) in [5.74, 6) is 0.720. The second-order valence-corrected chi connectivity index (χ2v) is 9.20. The molecule has 16 heavy (non-hydrogen) atoms. The lowest BCUT2D eigenvalue weighted by atomic mass is 10.0. The summed E-state index contributed by atoms with van der Waals surface area (Å²) in [6.45, 7) is 5.67. The van der Waals surface area contributed by atoms with Gasteiger partial charge in [0.25, 0.3) is 8.56 Å². The average Bonchev–Trinajstić information content (AvgIpc) is 2.32. The highest BCUT2D eigenvalue weighted by atomic mass is 28.4. The first-order valence-electron chi connectivity index (χ1n) is 6.77. The number of hydrogen-bond acceptors (Lipinski definition) is 3. The van der Waals surface area contributed by atoms with Gasteiger partial charge in [-0.3, -0.25) is 0 Å². The van der Waals surface area contributed by atoms with E-state index in [0.29, 0.717) is 0 Å². The highest BCUT2D eigenvalue weighted by Crippen LogP contribution is 2.33. The molecule has 0 atom stereocenters. The third-order valence-corrected chi connectivity index (χ3v) is 7.94. The lowest BCUT2D eigenvalue weighted by Crippen LogP contribution is -2.73. The van der Waals surface area contributed by atoms with Gasteiger partial charge in [-0.05, 0) is 44.9 Å². The second kappa shape index (κ2) is 6.74. The van der Waals surface area contributed by atoms with Crippen LogP contribution in [0.1, 0.15) is 46.0 Å². The maximum absolute atomic E-state index is 3.82. The first-order chi connectivity index (χ1) is 7.64. The van der Waals surface area contributed by atoms with Crippen molar-refractivity contribution in [3.63, 3.8) is 0 Å². The maximum atomic E-state index is 3.82. The Morgan fingerprint density at radius 2 is 1.62 bits per heavy atom. The Morgan fingerprint density at radius 3 is 2.06 bits per heavy atom. The first kappa shape index (κ1) is 14.2. The van der Waals surface area contributed by atoms with Gasteiger partial charge in [-0.25, -0.2) is 0 Å². The monoisotopic (exact) mass is 243 g/mol. The Balaban J connectivity index is 2.61. The predicted octanol–water partition coefficient (Wildman–Crippen LogP) is 1.94. The van der Waals surface area contributed by atoms with Crippen LogP contribution in [0.4, 0.5) is 0 Å². The van der Waals surface area contributed by atoms with Gasteiger partial charge in [0.1, 0.15) is 0 Å². The topological polar surface area (TPSA) is 36.1 Å². The van der Waals surface area contributed by atoms with Gasteiger partial charge >= 0.3 is 0 Å². The summed E-state index contributed by atoms with van der Waals surface area (Å²) >= 11 is 0. The van der Waals surface area contributed by atoms with E-state index < -0.39 is 8.56 Å². The smallest absolute Gasteiger partial charge is 0.284 e. The molecule has 3 N–H and O–H groups in total. The normalized spacial score (nSPS) is 19.3. The zero-order chi connectivity index (χ0) is 12.0. The Labute approximate surface area is 102 Å². The third kappa shape index (κ3) is 3.55. The lowest BCUT2D eigenvalue weighted by Gasteiger charge is -2.40. The fourth-order valence-electron chi connectivity index (χ4n) is 2.76. The molecule has 3 nitrogen and oxygen atoms in total. The van der Waals surface area contributed by atoms with Crippen molar-refractivity contribution in [1.82, 2.24) is 14.9 Å². The van der Waals surface area contributed by atoms with Gasteiger partial charge in [0.2, 0.25) is 0 Å². The van der Waals surface area contributed by atoms with Gasteiger partial charge in [-0.1, -0.05) is 33.1 Å². The van der Waals surface area contributed by atoms with Crippen molar-refractivity contribution in [2.75, 3.05) is 20.6 Å². The summed E-state index contributed by atoms with van der Waals surface area (Å²) in [5.41, 5.74) is 0.843. The Bertz CT molecular complexity index is 187. The van der Waals surface area contributed by atoms with Crippen LogP contribution in [0.2, 0.25) is 5.54 Å². The zero-order valence-corrected chi connectivity index (χ0v) is 12.4. The summed E-state index contributed by atoms with van der Waals surface area (Å²) in [6.07, 6.45) is 7.02. The van der Waals surface area contributed by atoms with Crippen molar-refractivity contribution in [2.45, 2.75) is 51.5 Å². The van der Waals surface area contributed by atoms with Crippen LogP contribution in [0, 0.1) is 5.92 Å². The minimum absolute atomic E-state index is 0.720. The van der Waals surface area contributed by atoms with Crippen LogP contribution in [0.5, 0.6) is 0 Å². The fraction of sp³-hybridized carbons (Fsp3) is 1.00. The van der Waals surface area contributed by atoms with Crippen LogP contribution in [-0.4, -0.2) is 29.2 Å². The molecule has 0 spiro atoms. The molecule has 1 aliphatic rings. The van der Waals surface area contributed by atoms with Crippen molar-refractivity contribution in [3.05, 3.63) is 0 Å². The number of hydrogen-bond donors (Lipinski definition) is 3. The molecular weight excluding hydrogens is 214 g/mol. The van der Waals surface area contributed by atoms with Gasteiger partial charge in [-0.2, -0.15) is 0 Å². The van der Waals surface area contributed by atoms with Crippen LogP contribution < -0.4 is 14.9 Å². The molecule has 0 radical (unpaired) electrons. The molecule has 0 aromatic carbocycles. The molecule has 1 saturated carbocycles. The molecule has 4 heteroatoms. The Kier molecular flexibility index (Phi) is 5.96. The van der Waals surface area contributed by atoms with Gasteiger partial charge in [-0.15, -0.1) is 0 Å². The van der Waals surface area contributed by atoms with Crippen LogP contribution in [-0.2, 0) is 0 Å². The van der Waals surface area contributed by atoms with Gasteiger partial charge in [0.05, 0.1) is 0 Å². The SMILES string of the molecule is CN[Si](NC)(NCC(C)C)C1CCCCC1.